The number of ketones is 1. The van der Waals surface area contributed by atoms with Crippen LogP contribution in [0.4, 0.5) is 4.39 Å². The van der Waals surface area contributed by atoms with Crippen molar-refractivity contribution in [2.45, 2.75) is 24.1 Å². The van der Waals surface area contributed by atoms with Crippen LogP contribution in [0.5, 0.6) is 0 Å². The van der Waals surface area contributed by atoms with Gasteiger partial charge in [0.2, 0.25) is 0 Å². The Bertz CT molecular complexity index is 397. The summed E-state index contributed by atoms with van der Waals surface area (Å²) in [5.74, 6) is 0.0786. The van der Waals surface area contributed by atoms with Gasteiger partial charge < -0.3 is 0 Å². The van der Waals surface area contributed by atoms with E-state index in [0.717, 1.165) is 18.4 Å². The lowest BCUT2D eigenvalue weighted by atomic mass is 10.1. The van der Waals surface area contributed by atoms with Gasteiger partial charge in [-0.05, 0) is 43.0 Å². The van der Waals surface area contributed by atoms with Crippen LogP contribution in [0.25, 0.3) is 0 Å². The molecule has 16 heavy (non-hydrogen) atoms. The van der Waals surface area contributed by atoms with Gasteiger partial charge >= 0.3 is 0 Å². The van der Waals surface area contributed by atoms with Crippen molar-refractivity contribution in [3.05, 3.63) is 34.6 Å². The summed E-state index contributed by atoms with van der Waals surface area (Å²) in [6.45, 7) is 0. The second-order valence-electron chi connectivity index (χ2n) is 4.13. The summed E-state index contributed by atoms with van der Waals surface area (Å²) in [5.41, 5.74) is 0.751. The molecule has 1 atom stereocenters. The quantitative estimate of drug-likeness (QED) is 0.774. The van der Waals surface area contributed by atoms with Crippen LogP contribution in [0.2, 0.25) is 5.02 Å². The predicted octanol–water partition coefficient (Wildman–Crippen LogP) is 3.76. The number of halogens is 3. The Morgan fingerprint density at radius 3 is 2.75 bits per heavy atom. The predicted molar refractivity (Wildman–Crippen MR) is 65.6 cm³/mol. The van der Waals surface area contributed by atoms with E-state index in [2.05, 4.69) is 15.9 Å². The Morgan fingerprint density at radius 2 is 2.19 bits per heavy atom. The minimum Gasteiger partial charge on any atom is -0.298 e. The van der Waals surface area contributed by atoms with Gasteiger partial charge in [-0.3, -0.25) is 4.79 Å². The number of rotatable bonds is 4. The van der Waals surface area contributed by atoms with Crippen LogP contribution >= 0.6 is 27.5 Å². The Morgan fingerprint density at radius 1 is 1.50 bits per heavy atom. The van der Waals surface area contributed by atoms with Crippen molar-refractivity contribution in [1.29, 1.82) is 0 Å². The fourth-order valence-corrected chi connectivity index (χ4v) is 2.65. The van der Waals surface area contributed by atoms with E-state index in [0.29, 0.717) is 11.4 Å². The summed E-state index contributed by atoms with van der Waals surface area (Å²) < 4.78 is 13.1. The molecule has 0 aliphatic heterocycles. The first-order chi connectivity index (χ1) is 7.56. The van der Waals surface area contributed by atoms with Crippen LogP contribution in [-0.4, -0.2) is 10.6 Å². The van der Waals surface area contributed by atoms with Crippen LogP contribution in [0.15, 0.2) is 18.2 Å². The maximum absolute atomic E-state index is 13.1. The molecule has 0 radical (unpaired) electrons. The van der Waals surface area contributed by atoms with Gasteiger partial charge in [0.25, 0.3) is 0 Å². The molecular weight excluding hydrogens is 294 g/mol. The summed E-state index contributed by atoms with van der Waals surface area (Å²) in [6.07, 6.45) is 2.47. The summed E-state index contributed by atoms with van der Waals surface area (Å²) in [7, 11) is 0. The lowest BCUT2D eigenvalue weighted by molar-refractivity contribution is -0.119. The summed E-state index contributed by atoms with van der Waals surface area (Å²) >= 11 is 9.10. The van der Waals surface area contributed by atoms with E-state index in [1.54, 1.807) is 6.07 Å². The average molecular weight is 306 g/mol. The number of alkyl halides is 1. The summed E-state index contributed by atoms with van der Waals surface area (Å²) in [6, 6.07) is 4.37. The van der Waals surface area contributed by atoms with Crippen LogP contribution < -0.4 is 0 Å². The van der Waals surface area contributed by atoms with Crippen molar-refractivity contribution < 1.29 is 9.18 Å². The van der Waals surface area contributed by atoms with Gasteiger partial charge in [0, 0.05) is 10.9 Å². The van der Waals surface area contributed by atoms with E-state index in [1.165, 1.54) is 12.1 Å². The molecule has 86 valence electrons. The molecule has 0 spiro atoms. The fraction of sp³-hybridized carbons (Fsp3) is 0.417. The molecule has 4 heteroatoms. The van der Waals surface area contributed by atoms with E-state index in [9.17, 15) is 9.18 Å². The van der Waals surface area contributed by atoms with E-state index < -0.39 is 0 Å². The first-order valence-electron chi connectivity index (χ1n) is 5.19. The first kappa shape index (κ1) is 12.1. The standard InChI is InChI=1S/C12H11BrClFO/c13-11(12(16)8-1-2-8)5-7-3-9(14)6-10(15)4-7/h3-4,6,8,11H,1-2,5H2. The second kappa shape index (κ2) is 4.84. The monoisotopic (exact) mass is 304 g/mol. The van der Waals surface area contributed by atoms with E-state index in [4.69, 9.17) is 11.6 Å². The maximum Gasteiger partial charge on any atom is 0.149 e. The molecule has 0 saturated heterocycles. The maximum atomic E-state index is 13.1. The zero-order valence-corrected chi connectivity index (χ0v) is 10.9. The Balaban J connectivity index is 2.04. The third kappa shape index (κ3) is 3.05. The van der Waals surface area contributed by atoms with Gasteiger partial charge in [-0.1, -0.05) is 27.5 Å². The third-order valence-corrected chi connectivity index (χ3v) is 3.62. The minimum absolute atomic E-state index is 0.216. The SMILES string of the molecule is O=C(C(Br)Cc1cc(F)cc(Cl)c1)C1CC1. The number of hydrogen-bond donors (Lipinski definition) is 0. The van der Waals surface area contributed by atoms with Crippen LogP contribution in [0.3, 0.4) is 0 Å². The van der Waals surface area contributed by atoms with Crippen molar-refractivity contribution in [3.8, 4) is 0 Å². The van der Waals surface area contributed by atoms with Gasteiger partial charge in [-0.2, -0.15) is 0 Å². The normalized spacial score (nSPS) is 17.2. The van der Waals surface area contributed by atoms with E-state index >= 15 is 0 Å². The molecule has 1 saturated carbocycles. The topological polar surface area (TPSA) is 17.1 Å². The third-order valence-electron chi connectivity index (χ3n) is 2.63. The van der Waals surface area contributed by atoms with Crippen LogP contribution in [0, 0.1) is 11.7 Å². The summed E-state index contributed by atoms with van der Waals surface area (Å²) in [5, 5.41) is 0.369. The molecule has 0 amide bonds. The molecule has 1 aromatic carbocycles. The first-order valence-corrected chi connectivity index (χ1v) is 6.48. The Labute approximate surface area is 107 Å². The smallest absolute Gasteiger partial charge is 0.149 e. The molecule has 0 N–H and O–H groups in total. The largest absolute Gasteiger partial charge is 0.298 e. The number of hydrogen-bond acceptors (Lipinski definition) is 1. The highest BCUT2D eigenvalue weighted by Gasteiger charge is 2.33. The van der Waals surface area contributed by atoms with Gasteiger partial charge in [0.1, 0.15) is 11.6 Å². The lowest BCUT2D eigenvalue weighted by Gasteiger charge is -2.08. The molecular formula is C12H11BrClFO. The molecule has 0 aromatic heterocycles. The van der Waals surface area contributed by atoms with Gasteiger partial charge in [-0.15, -0.1) is 0 Å². The van der Waals surface area contributed by atoms with Gasteiger partial charge in [0.05, 0.1) is 4.83 Å². The van der Waals surface area contributed by atoms with Gasteiger partial charge in [0.15, 0.2) is 0 Å². The lowest BCUT2D eigenvalue weighted by Crippen LogP contribution is -2.18. The molecule has 0 heterocycles. The molecule has 1 aromatic rings. The Kier molecular flexibility index (Phi) is 3.65. The number of Topliss-reactive ketones (excluding diaryl/α,β-unsaturated/α-hetero) is 1. The van der Waals surface area contributed by atoms with Crippen LogP contribution in [-0.2, 0) is 11.2 Å². The molecule has 0 bridgehead atoms. The second-order valence-corrected chi connectivity index (χ2v) is 5.67. The van der Waals surface area contributed by atoms with Crippen molar-refractivity contribution in [2.75, 3.05) is 0 Å². The molecule has 2 rings (SSSR count). The van der Waals surface area contributed by atoms with Crippen molar-refractivity contribution >= 4 is 33.3 Å². The molecule has 1 aliphatic carbocycles. The number of carbonyl (C=O) groups is 1. The van der Waals surface area contributed by atoms with Crippen molar-refractivity contribution in [3.63, 3.8) is 0 Å². The highest BCUT2D eigenvalue weighted by molar-refractivity contribution is 9.10. The zero-order valence-electron chi connectivity index (χ0n) is 8.55. The van der Waals surface area contributed by atoms with Crippen molar-refractivity contribution in [2.24, 2.45) is 5.92 Å². The van der Waals surface area contributed by atoms with E-state index in [1.807, 2.05) is 0 Å². The number of benzene rings is 1. The summed E-state index contributed by atoms with van der Waals surface area (Å²) in [4.78, 5) is 11.5. The van der Waals surface area contributed by atoms with Gasteiger partial charge in [-0.25, -0.2) is 4.39 Å². The molecule has 1 unspecified atom stereocenters. The van der Waals surface area contributed by atoms with E-state index in [-0.39, 0.29) is 22.3 Å². The number of carbonyl (C=O) groups excluding carboxylic acids is 1. The minimum atomic E-state index is -0.360. The molecule has 1 nitrogen and oxygen atoms in total. The average Bonchev–Trinajstić information content (AvgIpc) is 2.97. The zero-order chi connectivity index (χ0) is 11.7. The van der Waals surface area contributed by atoms with Crippen LogP contribution in [0.1, 0.15) is 18.4 Å². The van der Waals surface area contributed by atoms with Crippen molar-refractivity contribution in [1.82, 2.24) is 0 Å². The Hall–Kier alpha value is -0.410. The highest BCUT2D eigenvalue weighted by Crippen LogP contribution is 2.33. The molecule has 1 fully saturated rings. The molecule has 1 aliphatic rings. The highest BCUT2D eigenvalue weighted by atomic mass is 79.9. The fourth-order valence-electron chi connectivity index (χ4n) is 1.66.